The largest absolute Gasteiger partial charge is 0.504 e. The van der Waals surface area contributed by atoms with Crippen LogP contribution in [0.2, 0.25) is 5.54 Å². The summed E-state index contributed by atoms with van der Waals surface area (Å²) in [7, 11) is -2.75. The molecule has 0 aromatic heterocycles. The van der Waals surface area contributed by atoms with Crippen molar-refractivity contribution in [1.82, 2.24) is 0 Å². The van der Waals surface area contributed by atoms with Crippen LogP contribution >= 0.6 is 0 Å². The number of carboxylic acid groups (broad SMARTS) is 1. The van der Waals surface area contributed by atoms with Gasteiger partial charge in [0.1, 0.15) is 0 Å². The predicted octanol–water partition coefficient (Wildman–Crippen LogP) is 7.16. The molecule has 2 aromatic carbocycles. The molecule has 0 aliphatic heterocycles. The van der Waals surface area contributed by atoms with Crippen LogP contribution in [-0.4, -0.2) is 39.7 Å². The lowest BCUT2D eigenvalue weighted by Gasteiger charge is -2.40. The topological polar surface area (TPSA) is 65.0 Å². The van der Waals surface area contributed by atoms with Gasteiger partial charge in [-0.3, -0.25) is 0 Å². The van der Waals surface area contributed by atoms with Crippen LogP contribution in [-0.2, 0) is 18.1 Å². The summed E-state index contributed by atoms with van der Waals surface area (Å²) in [5, 5.41) is 9.07. The fourth-order valence-electron chi connectivity index (χ4n) is 5.41. The van der Waals surface area contributed by atoms with Crippen LogP contribution in [0.3, 0.4) is 0 Å². The Morgan fingerprint density at radius 2 is 1.57 bits per heavy atom. The zero-order valence-corrected chi connectivity index (χ0v) is 22.5. The Balaban J connectivity index is 1.84. The van der Waals surface area contributed by atoms with Gasteiger partial charge in [-0.05, 0) is 86.6 Å². The molecule has 0 amide bonds. The van der Waals surface area contributed by atoms with Gasteiger partial charge >= 0.3 is 14.8 Å². The molecule has 6 heteroatoms. The van der Waals surface area contributed by atoms with Crippen molar-refractivity contribution >= 4 is 20.8 Å². The van der Waals surface area contributed by atoms with Crippen molar-refractivity contribution in [3.8, 4) is 11.1 Å². The van der Waals surface area contributed by atoms with Crippen molar-refractivity contribution in [2.75, 3.05) is 19.8 Å². The van der Waals surface area contributed by atoms with Gasteiger partial charge < -0.3 is 18.4 Å². The maximum Gasteiger partial charge on any atom is 0.504 e. The highest BCUT2D eigenvalue weighted by Crippen LogP contribution is 2.46. The number of hydrogen-bond acceptors (Lipinski definition) is 4. The summed E-state index contributed by atoms with van der Waals surface area (Å²) in [6.45, 7) is 10.1. The van der Waals surface area contributed by atoms with Crippen molar-refractivity contribution < 1.29 is 23.2 Å². The minimum absolute atomic E-state index is 0.252. The van der Waals surface area contributed by atoms with Crippen LogP contribution < -0.4 is 0 Å². The molecule has 0 spiro atoms. The van der Waals surface area contributed by atoms with E-state index in [0.717, 1.165) is 31.2 Å². The summed E-state index contributed by atoms with van der Waals surface area (Å²) >= 11 is 0. The number of rotatable bonds is 12. The highest BCUT2D eigenvalue weighted by atomic mass is 28.4. The molecule has 0 radical (unpaired) electrons. The van der Waals surface area contributed by atoms with E-state index in [0.29, 0.717) is 31.7 Å². The van der Waals surface area contributed by atoms with E-state index in [2.05, 4.69) is 43.3 Å². The van der Waals surface area contributed by atoms with Crippen LogP contribution in [0.1, 0.15) is 70.4 Å². The highest BCUT2D eigenvalue weighted by Gasteiger charge is 2.50. The zero-order valence-electron chi connectivity index (χ0n) is 21.5. The van der Waals surface area contributed by atoms with Crippen LogP contribution in [0.5, 0.6) is 0 Å². The first-order chi connectivity index (χ1) is 16.9. The molecule has 2 aromatic rings. The zero-order chi connectivity index (χ0) is 25.3. The van der Waals surface area contributed by atoms with Gasteiger partial charge in [-0.1, -0.05) is 55.5 Å². The average molecular weight is 497 g/mol. The van der Waals surface area contributed by atoms with Crippen molar-refractivity contribution in [1.29, 1.82) is 0 Å². The molecule has 190 valence electrons. The van der Waals surface area contributed by atoms with E-state index in [1.807, 2.05) is 32.9 Å². The molecule has 0 saturated heterocycles. The molecule has 3 rings (SSSR count). The third-order valence-corrected chi connectivity index (χ3v) is 10.8. The maximum absolute atomic E-state index is 11.1. The summed E-state index contributed by atoms with van der Waals surface area (Å²) in [5.41, 5.74) is 4.91. The quantitative estimate of drug-likeness (QED) is 0.249. The summed E-state index contributed by atoms with van der Waals surface area (Å²) in [6, 6.07) is 16.8. The van der Waals surface area contributed by atoms with Gasteiger partial charge in [0.05, 0.1) is 0 Å². The Morgan fingerprint density at radius 1 is 0.971 bits per heavy atom. The van der Waals surface area contributed by atoms with Gasteiger partial charge in [0.25, 0.3) is 0 Å². The van der Waals surface area contributed by atoms with E-state index < -0.39 is 14.8 Å². The minimum Gasteiger partial charge on any atom is -0.478 e. The smallest absolute Gasteiger partial charge is 0.478 e. The summed E-state index contributed by atoms with van der Waals surface area (Å²) in [5.74, 6) is -0.00858. The monoisotopic (exact) mass is 496 g/mol. The van der Waals surface area contributed by atoms with E-state index >= 15 is 0 Å². The first kappa shape index (κ1) is 27.3. The second-order valence-corrected chi connectivity index (χ2v) is 12.2. The van der Waals surface area contributed by atoms with Crippen LogP contribution in [0.15, 0.2) is 54.6 Å². The lowest BCUT2D eigenvalue weighted by atomic mass is 9.75. The van der Waals surface area contributed by atoms with Crippen LogP contribution in [0, 0.1) is 5.92 Å². The number of aliphatic carboxylic acids is 1. The summed E-state index contributed by atoms with van der Waals surface area (Å²) in [4.78, 5) is 11.1. The van der Waals surface area contributed by atoms with Crippen LogP contribution in [0.4, 0.5) is 0 Å². The van der Waals surface area contributed by atoms with Crippen molar-refractivity contribution in [3.63, 3.8) is 0 Å². The summed E-state index contributed by atoms with van der Waals surface area (Å²) in [6.07, 6.45) is 7.24. The first-order valence-electron chi connectivity index (χ1n) is 13.0. The van der Waals surface area contributed by atoms with E-state index in [-0.39, 0.29) is 5.54 Å². The van der Waals surface area contributed by atoms with Crippen LogP contribution in [0.25, 0.3) is 17.2 Å². The van der Waals surface area contributed by atoms with E-state index in [1.54, 1.807) is 6.08 Å². The van der Waals surface area contributed by atoms with Crippen molar-refractivity contribution in [3.05, 3.63) is 65.7 Å². The van der Waals surface area contributed by atoms with Crippen molar-refractivity contribution in [2.24, 2.45) is 5.92 Å². The molecule has 5 nitrogen and oxygen atoms in total. The molecule has 35 heavy (non-hydrogen) atoms. The van der Waals surface area contributed by atoms with E-state index in [4.69, 9.17) is 18.4 Å². The molecular weight excluding hydrogens is 456 g/mol. The van der Waals surface area contributed by atoms with Crippen molar-refractivity contribution in [2.45, 2.75) is 64.8 Å². The minimum atomic E-state index is -2.75. The lowest BCUT2D eigenvalue weighted by Crippen LogP contribution is -2.52. The second-order valence-electron chi connectivity index (χ2n) is 9.19. The molecule has 0 bridgehead atoms. The van der Waals surface area contributed by atoms with E-state index in [1.165, 1.54) is 22.8 Å². The Labute approximate surface area is 211 Å². The van der Waals surface area contributed by atoms with Gasteiger partial charge in [0.2, 0.25) is 0 Å². The Morgan fingerprint density at radius 3 is 2.11 bits per heavy atom. The molecule has 1 atom stereocenters. The standard InChI is InChI=1S/C29H40O5Si/c1-5-32-35(33-6-2,34-7-3)22(4)24-15-17-26(18-16-24)28-21-23(14-20-29(30)31)13-19-27(28)25-11-9-8-10-12-25/h8-14,19-22,24,26H,5-7,15-18H2,1-4H3,(H,30,31)/b20-14+. The normalized spacial score (nSPS) is 19.7. The fraction of sp³-hybridized carbons (Fsp3) is 0.483. The Kier molecular flexibility index (Phi) is 10.3. The SMILES string of the molecule is CCO[Si](OCC)(OCC)C(C)C1CCC(c2cc(/C=C/C(=O)O)ccc2-c2ccccc2)CC1. The van der Waals surface area contributed by atoms with Gasteiger partial charge in [0.15, 0.2) is 0 Å². The fourth-order valence-corrected chi connectivity index (χ4v) is 8.57. The molecule has 1 saturated carbocycles. The average Bonchev–Trinajstić information content (AvgIpc) is 2.88. The first-order valence-corrected chi connectivity index (χ1v) is 14.8. The predicted molar refractivity (Wildman–Crippen MR) is 143 cm³/mol. The third-order valence-electron chi connectivity index (χ3n) is 7.09. The van der Waals surface area contributed by atoms with Gasteiger partial charge in [0, 0.05) is 31.4 Å². The number of carbonyl (C=O) groups is 1. The number of hydrogen-bond donors (Lipinski definition) is 1. The molecule has 0 heterocycles. The molecule has 1 fully saturated rings. The van der Waals surface area contributed by atoms with Gasteiger partial charge in [-0.25, -0.2) is 4.79 Å². The molecule has 1 unspecified atom stereocenters. The molecule has 1 aliphatic carbocycles. The Hall–Kier alpha value is -2.25. The number of carboxylic acids is 1. The summed E-state index contributed by atoms with van der Waals surface area (Å²) < 4.78 is 18.6. The van der Waals surface area contributed by atoms with Gasteiger partial charge in [-0.15, -0.1) is 0 Å². The lowest BCUT2D eigenvalue weighted by molar-refractivity contribution is -0.131. The second kappa shape index (κ2) is 13.2. The van der Waals surface area contributed by atoms with E-state index in [9.17, 15) is 4.79 Å². The third kappa shape index (κ3) is 6.91. The maximum atomic E-state index is 11.1. The molecule has 1 aliphatic rings. The molecule has 1 N–H and O–H groups in total. The van der Waals surface area contributed by atoms with Gasteiger partial charge in [-0.2, -0.15) is 0 Å². The molecular formula is C29H40O5Si. The Bertz CT molecular complexity index is 949. The number of benzene rings is 2. The highest BCUT2D eigenvalue weighted by molar-refractivity contribution is 6.62.